The first-order valence-electron chi connectivity index (χ1n) is 5.42. The number of amides is 1. The Labute approximate surface area is 94.6 Å². The van der Waals surface area contributed by atoms with Gasteiger partial charge in [0.25, 0.3) is 0 Å². The van der Waals surface area contributed by atoms with Crippen molar-refractivity contribution in [2.24, 2.45) is 11.1 Å². The summed E-state index contributed by atoms with van der Waals surface area (Å²) in [5.41, 5.74) is 5.19. The summed E-state index contributed by atoms with van der Waals surface area (Å²) in [6.45, 7) is 4.55. The number of hydrogen-bond donors (Lipinski definition) is 2. The van der Waals surface area contributed by atoms with E-state index in [1.807, 2.05) is 13.8 Å². The number of nitrogens with zero attached hydrogens (tertiary/aromatic N) is 2. The molecule has 1 aromatic rings. The molecule has 6 nitrogen and oxygen atoms in total. The van der Waals surface area contributed by atoms with Crippen LogP contribution in [-0.2, 0) is 11.3 Å². The van der Waals surface area contributed by atoms with Gasteiger partial charge in [0.2, 0.25) is 12.3 Å². The third-order valence-corrected chi connectivity index (χ3v) is 3.04. The molecule has 0 aliphatic carbocycles. The van der Waals surface area contributed by atoms with E-state index in [1.54, 1.807) is 0 Å². The van der Waals surface area contributed by atoms with Crippen molar-refractivity contribution in [1.29, 1.82) is 0 Å². The van der Waals surface area contributed by atoms with Crippen LogP contribution in [-0.4, -0.2) is 22.6 Å². The zero-order valence-corrected chi connectivity index (χ0v) is 9.69. The molecule has 0 bridgehead atoms. The molecule has 0 aromatic carbocycles. The molecular formula is C10H18N4O2. The van der Waals surface area contributed by atoms with Crippen molar-refractivity contribution in [2.45, 2.75) is 33.2 Å². The molecule has 1 rings (SSSR count). The zero-order chi connectivity index (χ0) is 12.0. The summed E-state index contributed by atoms with van der Waals surface area (Å²) in [5, 5.41) is 6.39. The van der Waals surface area contributed by atoms with Crippen molar-refractivity contribution in [2.75, 3.05) is 6.54 Å². The van der Waals surface area contributed by atoms with Gasteiger partial charge >= 0.3 is 0 Å². The summed E-state index contributed by atoms with van der Waals surface area (Å²) >= 11 is 0. The molecule has 0 aliphatic heterocycles. The van der Waals surface area contributed by atoms with Crippen LogP contribution in [0.4, 0.5) is 0 Å². The first-order valence-corrected chi connectivity index (χ1v) is 5.42. The maximum atomic E-state index is 12.0. The standard InChI is InChI=1S/C10H18N4O2/c1-3-10(4-2,6-11)9(15)12-5-8-13-7-16-14-8/h7H,3-6,11H2,1-2H3,(H,12,15). The van der Waals surface area contributed by atoms with Crippen LogP contribution >= 0.6 is 0 Å². The highest BCUT2D eigenvalue weighted by molar-refractivity contribution is 5.82. The first kappa shape index (κ1) is 12.6. The average molecular weight is 226 g/mol. The van der Waals surface area contributed by atoms with Crippen LogP contribution < -0.4 is 11.1 Å². The molecule has 0 aliphatic rings. The maximum Gasteiger partial charge on any atom is 0.227 e. The summed E-state index contributed by atoms with van der Waals surface area (Å²) in [6.07, 6.45) is 2.67. The van der Waals surface area contributed by atoms with Gasteiger partial charge in [0, 0.05) is 6.54 Å². The highest BCUT2D eigenvalue weighted by atomic mass is 16.5. The highest BCUT2D eigenvalue weighted by Crippen LogP contribution is 2.24. The van der Waals surface area contributed by atoms with Gasteiger partial charge in [0.05, 0.1) is 12.0 Å². The van der Waals surface area contributed by atoms with E-state index in [9.17, 15) is 4.79 Å². The van der Waals surface area contributed by atoms with Gasteiger partial charge in [0.1, 0.15) is 0 Å². The second kappa shape index (κ2) is 5.60. The zero-order valence-electron chi connectivity index (χ0n) is 9.69. The molecule has 1 heterocycles. The van der Waals surface area contributed by atoms with Gasteiger partial charge in [0.15, 0.2) is 5.82 Å². The monoisotopic (exact) mass is 226 g/mol. The lowest BCUT2D eigenvalue weighted by molar-refractivity contribution is -0.131. The fourth-order valence-electron chi connectivity index (χ4n) is 1.57. The Morgan fingerprint density at radius 1 is 1.56 bits per heavy atom. The van der Waals surface area contributed by atoms with Gasteiger partial charge in [-0.1, -0.05) is 19.0 Å². The SMILES string of the molecule is CCC(CC)(CN)C(=O)NCc1ncon1. The van der Waals surface area contributed by atoms with Crippen molar-refractivity contribution in [3.05, 3.63) is 12.2 Å². The van der Waals surface area contributed by atoms with Gasteiger partial charge in [-0.3, -0.25) is 4.79 Å². The van der Waals surface area contributed by atoms with E-state index in [-0.39, 0.29) is 12.5 Å². The summed E-state index contributed by atoms with van der Waals surface area (Å²) in [6, 6.07) is 0. The van der Waals surface area contributed by atoms with Crippen molar-refractivity contribution in [3.8, 4) is 0 Å². The molecule has 1 aromatic heterocycles. The van der Waals surface area contributed by atoms with Gasteiger partial charge in [-0.2, -0.15) is 4.98 Å². The first-order chi connectivity index (χ1) is 7.68. The lowest BCUT2D eigenvalue weighted by atomic mass is 9.81. The molecule has 0 atom stereocenters. The maximum absolute atomic E-state index is 12.0. The highest BCUT2D eigenvalue weighted by Gasteiger charge is 2.33. The molecule has 0 saturated heterocycles. The van der Waals surface area contributed by atoms with Crippen LogP contribution in [0.1, 0.15) is 32.5 Å². The lowest BCUT2D eigenvalue weighted by Gasteiger charge is -2.28. The second-order valence-corrected chi connectivity index (χ2v) is 3.72. The van der Waals surface area contributed by atoms with E-state index in [1.165, 1.54) is 6.39 Å². The minimum absolute atomic E-state index is 0.0511. The van der Waals surface area contributed by atoms with E-state index in [0.29, 0.717) is 12.4 Å². The summed E-state index contributed by atoms with van der Waals surface area (Å²) in [5.74, 6) is 0.413. The van der Waals surface area contributed by atoms with Gasteiger partial charge in [-0.25, -0.2) is 0 Å². The number of rotatable bonds is 6. The number of carbonyl (C=O) groups is 1. The number of carbonyl (C=O) groups excluding carboxylic acids is 1. The molecule has 0 unspecified atom stereocenters. The Bertz CT molecular complexity index is 311. The molecule has 3 N–H and O–H groups in total. The van der Waals surface area contributed by atoms with Crippen molar-refractivity contribution in [1.82, 2.24) is 15.5 Å². The molecular weight excluding hydrogens is 208 g/mol. The van der Waals surface area contributed by atoms with E-state index < -0.39 is 5.41 Å². The smallest absolute Gasteiger partial charge is 0.227 e. The van der Waals surface area contributed by atoms with Crippen molar-refractivity contribution < 1.29 is 9.32 Å². The Kier molecular flexibility index (Phi) is 4.42. The van der Waals surface area contributed by atoms with Crippen LogP contribution in [0.2, 0.25) is 0 Å². The number of hydrogen-bond acceptors (Lipinski definition) is 5. The molecule has 6 heteroatoms. The molecule has 1 amide bonds. The van der Waals surface area contributed by atoms with E-state index in [4.69, 9.17) is 5.73 Å². The third-order valence-electron chi connectivity index (χ3n) is 3.04. The van der Waals surface area contributed by atoms with Gasteiger partial charge < -0.3 is 15.6 Å². The molecule has 0 fully saturated rings. The van der Waals surface area contributed by atoms with Crippen LogP contribution in [0.5, 0.6) is 0 Å². The number of aromatic nitrogens is 2. The molecule has 0 saturated carbocycles. The number of nitrogens with one attached hydrogen (secondary N) is 1. The number of nitrogens with two attached hydrogens (primary N) is 1. The van der Waals surface area contributed by atoms with Crippen LogP contribution in [0.3, 0.4) is 0 Å². The van der Waals surface area contributed by atoms with Crippen molar-refractivity contribution in [3.63, 3.8) is 0 Å². The minimum atomic E-state index is -0.482. The van der Waals surface area contributed by atoms with E-state index >= 15 is 0 Å². The Morgan fingerprint density at radius 3 is 2.69 bits per heavy atom. The fraction of sp³-hybridized carbons (Fsp3) is 0.700. The normalized spacial score (nSPS) is 11.4. The van der Waals surface area contributed by atoms with Crippen LogP contribution in [0, 0.1) is 5.41 Å². The summed E-state index contributed by atoms with van der Waals surface area (Å²) in [4.78, 5) is 15.8. The molecule has 0 spiro atoms. The average Bonchev–Trinajstić information content (AvgIpc) is 2.82. The lowest BCUT2D eigenvalue weighted by Crippen LogP contribution is -2.45. The Balaban J connectivity index is 2.56. The van der Waals surface area contributed by atoms with Gasteiger partial charge in [-0.05, 0) is 12.8 Å². The summed E-state index contributed by atoms with van der Waals surface area (Å²) < 4.78 is 4.57. The van der Waals surface area contributed by atoms with Crippen LogP contribution in [0.15, 0.2) is 10.9 Å². The summed E-state index contributed by atoms with van der Waals surface area (Å²) in [7, 11) is 0. The van der Waals surface area contributed by atoms with E-state index in [2.05, 4.69) is 20.0 Å². The van der Waals surface area contributed by atoms with E-state index in [0.717, 1.165) is 12.8 Å². The molecule has 16 heavy (non-hydrogen) atoms. The second-order valence-electron chi connectivity index (χ2n) is 3.72. The molecule has 0 radical (unpaired) electrons. The van der Waals surface area contributed by atoms with Crippen LogP contribution in [0.25, 0.3) is 0 Å². The predicted octanol–water partition coefficient (Wildman–Crippen LogP) is 0.451. The third kappa shape index (κ3) is 2.57. The Hall–Kier alpha value is -1.43. The predicted molar refractivity (Wildman–Crippen MR) is 58.2 cm³/mol. The topological polar surface area (TPSA) is 94.0 Å². The van der Waals surface area contributed by atoms with Crippen molar-refractivity contribution >= 4 is 5.91 Å². The Morgan fingerprint density at radius 2 is 2.25 bits per heavy atom. The largest absolute Gasteiger partial charge is 0.348 e. The quantitative estimate of drug-likeness (QED) is 0.734. The van der Waals surface area contributed by atoms with Gasteiger partial charge in [-0.15, -0.1) is 0 Å². The molecule has 90 valence electrons. The minimum Gasteiger partial charge on any atom is -0.348 e. The fourth-order valence-corrected chi connectivity index (χ4v) is 1.57.